The van der Waals surface area contributed by atoms with Crippen molar-refractivity contribution < 1.29 is 18.4 Å². The van der Waals surface area contributed by atoms with Gasteiger partial charge in [0, 0.05) is 55.8 Å². The molecular formula is C23H25N3O5. The monoisotopic (exact) mass is 423 g/mol. The zero-order chi connectivity index (χ0) is 22.0. The Morgan fingerprint density at radius 1 is 1.10 bits per heavy atom. The minimum absolute atomic E-state index is 0.0898. The quantitative estimate of drug-likeness (QED) is 0.611. The van der Waals surface area contributed by atoms with E-state index < -0.39 is 5.63 Å². The van der Waals surface area contributed by atoms with Crippen LogP contribution < -0.4 is 16.3 Å². The van der Waals surface area contributed by atoms with Gasteiger partial charge in [0.05, 0.1) is 0 Å². The van der Waals surface area contributed by atoms with Crippen LogP contribution in [0, 0.1) is 6.92 Å². The number of likely N-dealkylation sites (tertiary alicyclic amines) is 1. The summed E-state index contributed by atoms with van der Waals surface area (Å²) < 4.78 is 10.7. The Morgan fingerprint density at radius 2 is 1.87 bits per heavy atom. The van der Waals surface area contributed by atoms with Gasteiger partial charge in [-0.3, -0.25) is 14.5 Å². The van der Waals surface area contributed by atoms with Gasteiger partial charge in [0.2, 0.25) is 5.91 Å². The molecule has 1 saturated heterocycles. The number of nitrogens with one attached hydrogen (secondary N) is 2. The van der Waals surface area contributed by atoms with E-state index >= 15 is 0 Å². The van der Waals surface area contributed by atoms with Crippen LogP contribution in [-0.4, -0.2) is 35.8 Å². The van der Waals surface area contributed by atoms with Gasteiger partial charge in [-0.05, 0) is 49.6 Å². The summed E-state index contributed by atoms with van der Waals surface area (Å²) >= 11 is 0. The minimum Gasteiger partial charge on any atom is -0.456 e. The topological polar surface area (TPSA) is 105 Å². The number of fused-ring (bicyclic) bond motifs is 1. The summed E-state index contributed by atoms with van der Waals surface area (Å²) in [4.78, 5) is 37.9. The number of benzene rings is 1. The van der Waals surface area contributed by atoms with Crippen molar-refractivity contribution >= 4 is 28.5 Å². The standard InChI is InChI=1S/C23H25N3O5/c1-14-3-6-20(30-14)23(29)25-17-7-9-26(10-8-17)13-16-11-22(28)31-21-12-18(24-15(2)27)4-5-19(16)21/h3-6,11-12,17H,7-10,13H2,1-2H3,(H,24,27)(H,25,29). The van der Waals surface area contributed by atoms with Gasteiger partial charge < -0.3 is 19.5 Å². The summed E-state index contributed by atoms with van der Waals surface area (Å²) in [6.07, 6.45) is 1.63. The Kier molecular flexibility index (Phi) is 5.90. The highest BCUT2D eigenvalue weighted by molar-refractivity contribution is 5.92. The fraction of sp³-hybridized carbons (Fsp3) is 0.348. The highest BCUT2D eigenvalue weighted by Crippen LogP contribution is 2.24. The van der Waals surface area contributed by atoms with Crippen LogP contribution in [-0.2, 0) is 11.3 Å². The smallest absolute Gasteiger partial charge is 0.336 e. The average molecular weight is 423 g/mol. The van der Waals surface area contributed by atoms with Crippen LogP contribution in [0.4, 0.5) is 5.69 Å². The number of furan rings is 1. The maximum absolute atomic E-state index is 12.3. The molecule has 1 fully saturated rings. The molecule has 0 spiro atoms. The van der Waals surface area contributed by atoms with Gasteiger partial charge in [0.15, 0.2) is 5.76 Å². The molecule has 8 nitrogen and oxygen atoms in total. The Bertz CT molecular complexity index is 1170. The highest BCUT2D eigenvalue weighted by Gasteiger charge is 2.23. The van der Waals surface area contributed by atoms with Gasteiger partial charge in [-0.15, -0.1) is 0 Å². The lowest BCUT2D eigenvalue weighted by atomic mass is 10.0. The van der Waals surface area contributed by atoms with Gasteiger partial charge in [-0.25, -0.2) is 4.79 Å². The van der Waals surface area contributed by atoms with E-state index in [1.807, 2.05) is 13.0 Å². The first-order chi connectivity index (χ1) is 14.9. The number of amides is 2. The first-order valence-corrected chi connectivity index (χ1v) is 10.3. The third-order valence-electron chi connectivity index (χ3n) is 5.43. The molecule has 0 unspecified atom stereocenters. The van der Waals surface area contributed by atoms with Crippen LogP contribution in [0.15, 0.2) is 50.0 Å². The molecule has 2 amide bonds. The summed E-state index contributed by atoms with van der Waals surface area (Å²) in [5.41, 5.74) is 1.50. The predicted molar refractivity (Wildman–Crippen MR) is 116 cm³/mol. The number of hydrogen-bond acceptors (Lipinski definition) is 6. The molecule has 162 valence electrons. The van der Waals surface area contributed by atoms with Crippen LogP contribution in [0.5, 0.6) is 0 Å². The second-order valence-corrected chi connectivity index (χ2v) is 7.92. The molecule has 0 atom stereocenters. The first-order valence-electron chi connectivity index (χ1n) is 10.3. The van der Waals surface area contributed by atoms with Crippen molar-refractivity contribution in [3.63, 3.8) is 0 Å². The molecular weight excluding hydrogens is 398 g/mol. The molecule has 1 aliphatic rings. The van der Waals surface area contributed by atoms with Gasteiger partial charge in [-0.2, -0.15) is 0 Å². The van der Waals surface area contributed by atoms with E-state index in [0.29, 0.717) is 29.3 Å². The number of nitrogens with zero attached hydrogens (tertiary/aromatic N) is 1. The molecule has 0 radical (unpaired) electrons. The maximum atomic E-state index is 12.3. The summed E-state index contributed by atoms with van der Waals surface area (Å²) in [6.45, 7) is 5.45. The molecule has 1 aliphatic heterocycles. The van der Waals surface area contributed by atoms with E-state index in [9.17, 15) is 14.4 Å². The zero-order valence-electron chi connectivity index (χ0n) is 17.6. The molecule has 3 aromatic rings. The van der Waals surface area contributed by atoms with Crippen LogP contribution in [0.2, 0.25) is 0 Å². The Labute approximate surface area is 179 Å². The largest absolute Gasteiger partial charge is 0.456 e. The average Bonchev–Trinajstić information content (AvgIpc) is 3.15. The lowest BCUT2D eigenvalue weighted by Gasteiger charge is -2.32. The van der Waals surface area contributed by atoms with Crippen LogP contribution >= 0.6 is 0 Å². The molecule has 3 heterocycles. The minimum atomic E-state index is -0.418. The van der Waals surface area contributed by atoms with Crippen LogP contribution in [0.25, 0.3) is 11.0 Å². The number of piperidine rings is 1. The van der Waals surface area contributed by atoms with Crippen molar-refractivity contribution in [1.82, 2.24) is 10.2 Å². The molecule has 0 saturated carbocycles. The second-order valence-electron chi connectivity index (χ2n) is 7.92. The van der Waals surface area contributed by atoms with Crippen molar-refractivity contribution in [2.75, 3.05) is 18.4 Å². The van der Waals surface area contributed by atoms with Crippen LogP contribution in [0.3, 0.4) is 0 Å². The number of anilines is 1. The molecule has 8 heteroatoms. The summed E-state index contributed by atoms with van der Waals surface area (Å²) in [6, 6.07) is 10.4. The predicted octanol–water partition coefficient (Wildman–Crippen LogP) is 3.05. The third kappa shape index (κ3) is 5.03. The number of aryl methyl sites for hydroxylation is 1. The van der Waals surface area contributed by atoms with E-state index in [-0.39, 0.29) is 17.9 Å². The number of hydrogen-bond donors (Lipinski definition) is 2. The summed E-state index contributed by atoms with van der Waals surface area (Å²) in [7, 11) is 0. The molecule has 2 N–H and O–H groups in total. The Balaban J connectivity index is 1.40. The zero-order valence-corrected chi connectivity index (χ0v) is 17.6. The molecule has 31 heavy (non-hydrogen) atoms. The van der Waals surface area contributed by atoms with Gasteiger partial charge in [0.25, 0.3) is 5.91 Å². The van der Waals surface area contributed by atoms with Crippen molar-refractivity contribution in [2.24, 2.45) is 0 Å². The molecule has 0 bridgehead atoms. The first kappa shape index (κ1) is 20.9. The lowest BCUT2D eigenvalue weighted by molar-refractivity contribution is -0.114. The Morgan fingerprint density at radius 3 is 2.55 bits per heavy atom. The van der Waals surface area contributed by atoms with E-state index in [1.54, 1.807) is 24.3 Å². The molecule has 1 aromatic carbocycles. The number of carbonyl (C=O) groups excluding carboxylic acids is 2. The SMILES string of the molecule is CC(=O)Nc1ccc2c(CN3CCC(NC(=O)c4ccc(C)o4)CC3)cc(=O)oc2c1. The fourth-order valence-corrected chi connectivity index (χ4v) is 3.93. The maximum Gasteiger partial charge on any atom is 0.336 e. The highest BCUT2D eigenvalue weighted by atomic mass is 16.4. The molecule has 4 rings (SSSR count). The number of carbonyl (C=O) groups is 2. The molecule has 2 aromatic heterocycles. The summed E-state index contributed by atoms with van der Waals surface area (Å²) in [5.74, 6) is 0.674. The Hall–Kier alpha value is -3.39. The van der Waals surface area contributed by atoms with E-state index in [4.69, 9.17) is 8.83 Å². The second kappa shape index (κ2) is 8.77. The lowest BCUT2D eigenvalue weighted by Crippen LogP contribution is -2.44. The van der Waals surface area contributed by atoms with Crippen molar-refractivity contribution in [2.45, 2.75) is 39.3 Å². The van der Waals surface area contributed by atoms with Gasteiger partial charge in [-0.1, -0.05) is 0 Å². The van der Waals surface area contributed by atoms with Crippen molar-refractivity contribution in [3.05, 3.63) is 63.9 Å². The normalized spacial score (nSPS) is 15.2. The van der Waals surface area contributed by atoms with E-state index in [2.05, 4.69) is 15.5 Å². The summed E-state index contributed by atoms with van der Waals surface area (Å²) in [5, 5.41) is 6.58. The molecule has 0 aliphatic carbocycles. The fourth-order valence-electron chi connectivity index (χ4n) is 3.93. The van der Waals surface area contributed by atoms with E-state index in [0.717, 1.165) is 36.9 Å². The van der Waals surface area contributed by atoms with Crippen molar-refractivity contribution in [1.29, 1.82) is 0 Å². The third-order valence-corrected chi connectivity index (χ3v) is 5.43. The number of rotatable bonds is 5. The van der Waals surface area contributed by atoms with Gasteiger partial charge >= 0.3 is 5.63 Å². The van der Waals surface area contributed by atoms with E-state index in [1.165, 1.54) is 13.0 Å². The van der Waals surface area contributed by atoms with Crippen LogP contribution in [0.1, 0.15) is 41.6 Å². The van der Waals surface area contributed by atoms with Crippen molar-refractivity contribution in [3.8, 4) is 0 Å². The van der Waals surface area contributed by atoms with Gasteiger partial charge in [0.1, 0.15) is 11.3 Å².